The van der Waals surface area contributed by atoms with E-state index >= 15 is 0 Å². The van der Waals surface area contributed by atoms with E-state index in [0.717, 1.165) is 10.2 Å². The van der Waals surface area contributed by atoms with Crippen LogP contribution < -0.4 is 5.32 Å². The molecule has 0 aliphatic heterocycles. The summed E-state index contributed by atoms with van der Waals surface area (Å²) in [7, 11) is 1.95. The minimum absolute atomic E-state index is 0.125. The summed E-state index contributed by atoms with van der Waals surface area (Å²) in [6.45, 7) is 0.509. The second-order valence-electron chi connectivity index (χ2n) is 3.68. The van der Waals surface area contributed by atoms with Crippen molar-refractivity contribution >= 4 is 21.8 Å². The second-order valence-corrected chi connectivity index (χ2v) is 4.60. The first-order valence-electron chi connectivity index (χ1n) is 5.16. The Morgan fingerprint density at radius 3 is 3.00 bits per heavy atom. The molecule has 4 nitrogen and oxygen atoms in total. The van der Waals surface area contributed by atoms with Gasteiger partial charge < -0.3 is 9.88 Å². The van der Waals surface area contributed by atoms with Crippen molar-refractivity contribution < 1.29 is 4.79 Å². The Morgan fingerprint density at radius 1 is 1.53 bits per heavy atom. The summed E-state index contributed by atoms with van der Waals surface area (Å²) in [5.41, 5.74) is 1.61. The number of pyridine rings is 1. The van der Waals surface area contributed by atoms with Gasteiger partial charge in [0.05, 0.1) is 12.1 Å². The summed E-state index contributed by atoms with van der Waals surface area (Å²) in [6.07, 6.45) is 5.14. The molecule has 2 rings (SSSR count). The van der Waals surface area contributed by atoms with E-state index in [4.69, 9.17) is 0 Å². The van der Waals surface area contributed by atoms with E-state index in [2.05, 4.69) is 26.2 Å². The zero-order valence-corrected chi connectivity index (χ0v) is 10.9. The molecule has 2 aromatic heterocycles. The van der Waals surface area contributed by atoms with Crippen LogP contribution in [-0.4, -0.2) is 15.5 Å². The first kappa shape index (κ1) is 11.9. The van der Waals surface area contributed by atoms with Gasteiger partial charge in [-0.15, -0.1) is 0 Å². The van der Waals surface area contributed by atoms with E-state index in [9.17, 15) is 4.79 Å². The lowest BCUT2D eigenvalue weighted by Crippen LogP contribution is -2.23. The Bertz CT molecular complexity index is 536. The molecule has 17 heavy (non-hydrogen) atoms. The van der Waals surface area contributed by atoms with Crippen molar-refractivity contribution in [2.75, 3.05) is 0 Å². The molecular formula is C12H12BrN3O. The molecule has 0 spiro atoms. The number of aryl methyl sites for hydroxylation is 1. The van der Waals surface area contributed by atoms with E-state index in [0.29, 0.717) is 12.1 Å². The molecule has 0 aliphatic carbocycles. The number of nitrogens with one attached hydrogen (secondary N) is 1. The fraction of sp³-hybridized carbons (Fsp3) is 0.167. The molecule has 2 heterocycles. The van der Waals surface area contributed by atoms with Gasteiger partial charge in [-0.1, -0.05) is 0 Å². The van der Waals surface area contributed by atoms with E-state index in [1.165, 1.54) is 0 Å². The lowest BCUT2D eigenvalue weighted by atomic mass is 10.2. The molecule has 0 aliphatic rings. The van der Waals surface area contributed by atoms with Crippen LogP contribution in [0, 0.1) is 0 Å². The summed E-state index contributed by atoms with van der Waals surface area (Å²) in [6, 6.07) is 5.66. The highest BCUT2D eigenvalue weighted by molar-refractivity contribution is 9.10. The number of hydrogen-bond acceptors (Lipinski definition) is 2. The topological polar surface area (TPSA) is 46.9 Å². The van der Waals surface area contributed by atoms with Gasteiger partial charge in [0.25, 0.3) is 5.91 Å². The van der Waals surface area contributed by atoms with Gasteiger partial charge in [-0.25, -0.2) is 0 Å². The van der Waals surface area contributed by atoms with Crippen molar-refractivity contribution in [3.05, 3.63) is 52.5 Å². The minimum atomic E-state index is -0.125. The summed E-state index contributed by atoms with van der Waals surface area (Å²) < 4.78 is 2.77. The van der Waals surface area contributed by atoms with Crippen molar-refractivity contribution in [2.45, 2.75) is 6.54 Å². The van der Waals surface area contributed by atoms with Crippen molar-refractivity contribution in [3.8, 4) is 0 Å². The van der Waals surface area contributed by atoms with Gasteiger partial charge in [0.1, 0.15) is 0 Å². The third kappa shape index (κ3) is 2.94. The fourth-order valence-electron chi connectivity index (χ4n) is 1.49. The molecule has 0 bridgehead atoms. The summed E-state index contributed by atoms with van der Waals surface area (Å²) in [5.74, 6) is -0.125. The number of aromatic nitrogens is 2. The van der Waals surface area contributed by atoms with Gasteiger partial charge in [-0.2, -0.15) is 0 Å². The average molecular weight is 294 g/mol. The molecule has 0 saturated heterocycles. The summed E-state index contributed by atoms with van der Waals surface area (Å²) >= 11 is 3.29. The number of carbonyl (C=O) groups excluding carboxylic acids is 1. The maximum absolute atomic E-state index is 11.8. The van der Waals surface area contributed by atoms with Crippen LogP contribution in [-0.2, 0) is 13.6 Å². The van der Waals surface area contributed by atoms with Gasteiger partial charge in [0, 0.05) is 35.8 Å². The molecule has 0 unspecified atom stereocenters. The molecule has 0 saturated carbocycles. The van der Waals surface area contributed by atoms with E-state index in [1.54, 1.807) is 18.5 Å². The van der Waals surface area contributed by atoms with Crippen LogP contribution in [0.15, 0.2) is 41.3 Å². The van der Waals surface area contributed by atoms with E-state index in [1.807, 2.05) is 29.9 Å². The third-order valence-corrected chi connectivity index (χ3v) is 2.88. The predicted octanol–water partition coefficient (Wildman–Crippen LogP) is 2.11. The zero-order chi connectivity index (χ0) is 12.3. The van der Waals surface area contributed by atoms with Crippen molar-refractivity contribution in [3.63, 3.8) is 0 Å². The van der Waals surface area contributed by atoms with Gasteiger partial charge >= 0.3 is 0 Å². The molecular weight excluding hydrogens is 282 g/mol. The minimum Gasteiger partial charge on any atom is -0.353 e. The van der Waals surface area contributed by atoms with Gasteiger partial charge in [0.15, 0.2) is 0 Å². The zero-order valence-electron chi connectivity index (χ0n) is 9.35. The molecule has 2 aromatic rings. The number of nitrogens with zero attached hydrogens (tertiary/aromatic N) is 2. The van der Waals surface area contributed by atoms with Crippen LogP contribution >= 0.6 is 15.9 Å². The van der Waals surface area contributed by atoms with Crippen LogP contribution in [0.3, 0.4) is 0 Å². The average Bonchev–Trinajstić information content (AvgIpc) is 2.72. The smallest absolute Gasteiger partial charge is 0.253 e. The van der Waals surface area contributed by atoms with E-state index < -0.39 is 0 Å². The number of hydrogen-bond donors (Lipinski definition) is 1. The van der Waals surface area contributed by atoms with Gasteiger partial charge in [-0.3, -0.25) is 9.78 Å². The maximum atomic E-state index is 11.8. The fourth-order valence-corrected chi connectivity index (χ4v) is 1.85. The highest BCUT2D eigenvalue weighted by Gasteiger charge is 2.06. The van der Waals surface area contributed by atoms with Crippen LogP contribution in [0.25, 0.3) is 0 Å². The first-order valence-corrected chi connectivity index (χ1v) is 5.95. The normalized spacial score (nSPS) is 10.2. The standard InChI is InChI=1S/C12H12BrN3O/c1-16-4-2-3-11(16)8-15-12(17)9-5-10(13)7-14-6-9/h2-7H,8H2,1H3,(H,15,17). The van der Waals surface area contributed by atoms with Crippen LogP contribution in [0.5, 0.6) is 0 Å². The van der Waals surface area contributed by atoms with Crippen molar-refractivity contribution in [2.24, 2.45) is 7.05 Å². The number of rotatable bonds is 3. The van der Waals surface area contributed by atoms with Crippen molar-refractivity contribution in [1.82, 2.24) is 14.9 Å². The number of carbonyl (C=O) groups is 1. The summed E-state index contributed by atoms with van der Waals surface area (Å²) in [4.78, 5) is 15.8. The number of amides is 1. The number of halogens is 1. The summed E-state index contributed by atoms with van der Waals surface area (Å²) in [5, 5.41) is 2.85. The van der Waals surface area contributed by atoms with Gasteiger partial charge in [0.2, 0.25) is 0 Å². The Labute approximate surface area is 108 Å². The van der Waals surface area contributed by atoms with Crippen LogP contribution in [0.2, 0.25) is 0 Å². The Morgan fingerprint density at radius 2 is 2.35 bits per heavy atom. The SMILES string of the molecule is Cn1cccc1CNC(=O)c1cncc(Br)c1. The van der Waals surface area contributed by atoms with Crippen LogP contribution in [0.1, 0.15) is 16.1 Å². The molecule has 88 valence electrons. The monoisotopic (exact) mass is 293 g/mol. The van der Waals surface area contributed by atoms with Crippen molar-refractivity contribution in [1.29, 1.82) is 0 Å². The second kappa shape index (κ2) is 5.14. The Kier molecular flexibility index (Phi) is 3.58. The maximum Gasteiger partial charge on any atom is 0.253 e. The lowest BCUT2D eigenvalue weighted by molar-refractivity contribution is 0.0949. The highest BCUT2D eigenvalue weighted by atomic mass is 79.9. The largest absolute Gasteiger partial charge is 0.353 e. The third-order valence-electron chi connectivity index (χ3n) is 2.45. The van der Waals surface area contributed by atoms with Crippen LogP contribution in [0.4, 0.5) is 0 Å². The molecule has 0 radical (unpaired) electrons. The molecule has 1 amide bonds. The quantitative estimate of drug-likeness (QED) is 0.942. The molecule has 0 fully saturated rings. The molecule has 0 atom stereocenters. The first-order chi connectivity index (χ1) is 8.16. The lowest BCUT2D eigenvalue weighted by Gasteiger charge is -2.06. The van der Waals surface area contributed by atoms with E-state index in [-0.39, 0.29) is 5.91 Å². The molecule has 0 aromatic carbocycles. The highest BCUT2D eigenvalue weighted by Crippen LogP contribution is 2.09. The Balaban J connectivity index is 2.01. The van der Waals surface area contributed by atoms with Gasteiger partial charge in [-0.05, 0) is 34.1 Å². The molecule has 5 heteroatoms. The molecule has 1 N–H and O–H groups in total. The Hall–Kier alpha value is -1.62. The predicted molar refractivity (Wildman–Crippen MR) is 68.5 cm³/mol.